The SMILES string of the molecule is Cn1cnc([C@@H]2CN(c3ccnc(Cc4ccccc4)n3)C[C@H]2N)c1. The summed E-state index contributed by atoms with van der Waals surface area (Å²) in [5.41, 5.74) is 8.64. The van der Waals surface area contributed by atoms with Gasteiger partial charge in [-0.3, -0.25) is 0 Å². The summed E-state index contributed by atoms with van der Waals surface area (Å²) in [6.07, 6.45) is 6.45. The van der Waals surface area contributed by atoms with Crippen molar-refractivity contribution in [2.75, 3.05) is 18.0 Å². The predicted octanol–water partition coefficient (Wildman–Crippen LogP) is 1.73. The van der Waals surface area contributed by atoms with E-state index in [-0.39, 0.29) is 12.0 Å². The van der Waals surface area contributed by atoms with Crippen LogP contribution in [0.3, 0.4) is 0 Å². The molecule has 0 radical (unpaired) electrons. The van der Waals surface area contributed by atoms with Crippen molar-refractivity contribution >= 4 is 5.82 Å². The van der Waals surface area contributed by atoms with Crippen molar-refractivity contribution in [2.24, 2.45) is 12.8 Å². The number of hydrogen-bond acceptors (Lipinski definition) is 5. The predicted molar refractivity (Wildman–Crippen MR) is 97.4 cm³/mol. The van der Waals surface area contributed by atoms with Crippen LogP contribution in [0.5, 0.6) is 0 Å². The lowest BCUT2D eigenvalue weighted by Crippen LogP contribution is -2.29. The molecule has 0 spiro atoms. The third kappa shape index (κ3) is 3.39. The van der Waals surface area contributed by atoms with E-state index in [1.807, 2.05) is 48.4 Å². The van der Waals surface area contributed by atoms with Crippen LogP contribution in [0.4, 0.5) is 5.82 Å². The summed E-state index contributed by atoms with van der Waals surface area (Å²) in [6.45, 7) is 1.61. The van der Waals surface area contributed by atoms with E-state index in [4.69, 9.17) is 10.7 Å². The lowest BCUT2D eigenvalue weighted by atomic mass is 10.0. The van der Waals surface area contributed by atoms with Crippen molar-refractivity contribution in [3.8, 4) is 0 Å². The van der Waals surface area contributed by atoms with Gasteiger partial charge in [-0.1, -0.05) is 30.3 Å². The fourth-order valence-corrected chi connectivity index (χ4v) is 3.38. The summed E-state index contributed by atoms with van der Waals surface area (Å²) >= 11 is 0. The van der Waals surface area contributed by atoms with Crippen LogP contribution >= 0.6 is 0 Å². The Morgan fingerprint density at radius 1 is 1.12 bits per heavy atom. The number of nitrogens with zero attached hydrogens (tertiary/aromatic N) is 5. The highest BCUT2D eigenvalue weighted by molar-refractivity contribution is 5.42. The highest BCUT2D eigenvalue weighted by Crippen LogP contribution is 2.28. The fourth-order valence-electron chi connectivity index (χ4n) is 3.38. The van der Waals surface area contributed by atoms with E-state index in [1.165, 1.54) is 5.56 Å². The van der Waals surface area contributed by atoms with Gasteiger partial charge in [-0.15, -0.1) is 0 Å². The minimum absolute atomic E-state index is 0.0578. The topological polar surface area (TPSA) is 72.9 Å². The average Bonchev–Trinajstić information content (AvgIpc) is 3.22. The Balaban J connectivity index is 1.51. The lowest BCUT2D eigenvalue weighted by molar-refractivity contribution is 0.639. The van der Waals surface area contributed by atoms with E-state index in [1.54, 1.807) is 0 Å². The first-order chi connectivity index (χ1) is 12.2. The van der Waals surface area contributed by atoms with E-state index in [2.05, 4.69) is 33.2 Å². The number of nitrogens with two attached hydrogens (primary N) is 1. The van der Waals surface area contributed by atoms with Gasteiger partial charge in [-0.05, 0) is 11.6 Å². The van der Waals surface area contributed by atoms with Crippen LogP contribution in [-0.2, 0) is 13.5 Å². The Morgan fingerprint density at radius 2 is 1.96 bits per heavy atom. The van der Waals surface area contributed by atoms with Crippen LogP contribution in [0.2, 0.25) is 0 Å². The van der Waals surface area contributed by atoms with Crippen LogP contribution in [0.15, 0.2) is 55.1 Å². The molecular weight excluding hydrogens is 312 g/mol. The summed E-state index contributed by atoms with van der Waals surface area (Å²) in [7, 11) is 1.98. The molecule has 25 heavy (non-hydrogen) atoms. The number of aromatic nitrogens is 4. The molecule has 1 fully saturated rings. The molecule has 4 rings (SSSR count). The van der Waals surface area contributed by atoms with Crippen LogP contribution in [-0.4, -0.2) is 38.7 Å². The van der Waals surface area contributed by atoms with Gasteiger partial charge in [-0.2, -0.15) is 0 Å². The van der Waals surface area contributed by atoms with Gasteiger partial charge < -0.3 is 15.2 Å². The molecule has 6 heteroatoms. The normalized spacial score (nSPS) is 20.2. The first-order valence-electron chi connectivity index (χ1n) is 8.53. The second-order valence-corrected chi connectivity index (χ2v) is 6.63. The van der Waals surface area contributed by atoms with E-state index < -0.39 is 0 Å². The molecule has 2 atom stereocenters. The smallest absolute Gasteiger partial charge is 0.135 e. The van der Waals surface area contributed by atoms with Crippen molar-refractivity contribution in [1.29, 1.82) is 0 Å². The zero-order valence-corrected chi connectivity index (χ0v) is 14.3. The number of benzene rings is 1. The molecule has 3 aromatic rings. The number of imidazole rings is 1. The van der Waals surface area contributed by atoms with Gasteiger partial charge in [0, 0.05) is 50.9 Å². The molecule has 2 aromatic heterocycles. The van der Waals surface area contributed by atoms with Gasteiger partial charge in [-0.25, -0.2) is 15.0 Å². The monoisotopic (exact) mass is 334 g/mol. The van der Waals surface area contributed by atoms with Crippen LogP contribution in [0.1, 0.15) is 23.0 Å². The third-order valence-corrected chi connectivity index (χ3v) is 4.69. The van der Waals surface area contributed by atoms with Gasteiger partial charge in [0.05, 0.1) is 12.0 Å². The van der Waals surface area contributed by atoms with Crippen molar-refractivity contribution < 1.29 is 0 Å². The number of aryl methyl sites for hydroxylation is 1. The Hall–Kier alpha value is -2.73. The van der Waals surface area contributed by atoms with Crippen molar-refractivity contribution in [3.05, 3.63) is 72.2 Å². The average molecular weight is 334 g/mol. The van der Waals surface area contributed by atoms with Crippen LogP contribution < -0.4 is 10.6 Å². The summed E-state index contributed by atoms with van der Waals surface area (Å²) in [5.74, 6) is 2.00. The molecule has 2 N–H and O–H groups in total. The van der Waals surface area contributed by atoms with Crippen LogP contribution in [0.25, 0.3) is 0 Å². The number of anilines is 1. The third-order valence-electron chi connectivity index (χ3n) is 4.69. The van der Waals surface area contributed by atoms with Crippen molar-refractivity contribution in [2.45, 2.75) is 18.4 Å². The minimum atomic E-state index is 0.0578. The fraction of sp³-hybridized carbons (Fsp3) is 0.316. The zero-order chi connectivity index (χ0) is 17.2. The van der Waals surface area contributed by atoms with Crippen molar-refractivity contribution in [3.63, 3.8) is 0 Å². The van der Waals surface area contributed by atoms with E-state index >= 15 is 0 Å². The van der Waals surface area contributed by atoms with Gasteiger partial charge >= 0.3 is 0 Å². The molecule has 1 aromatic carbocycles. The first kappa shape index (κ1) is 15.8. The van der Waals surface area contributed by atoms with Gasteiger partial charge in [0.25, 0.3) is 0 Å². The van der Waals surface area contributed by atoms with E-state index in [0.717, 1.165) is 36.8 Å². The molecule has 0 aliphatic carbocycles. The highest BCUT2D eigenvalue weighted by atomic mass is 15.2. The Bertz CT molecular complexity index is 844. The number of rotatable bonds is 4. The molecule has 0 bridgehead atoms. The quantitative estimate of drug-likeness (QED) is 0.787. The maximum absolute atomic E-state index is 6.38. The molecule has 0 unspecified atom stereocenters. The molecule has 3 heterocycles. The maximum Gasteiger partial charge on any atom is 0.135 e. The van der Waals surface area contributed by atoms with Crippen LogP contribution in [0, 0.1) is 0 Å². The Labute approximate surface area is 147 Å². The van der Waals surface area contributed by atoms with E-state index in [9.17, 15) is 0 Å². The van der Waals surface area contributed by atoms with Gasteiger partial charge in [0.15, 0.2) is 0 Å². The number of hydrogen-bond donors (Lipinski definition) is 1. The molecule has 128 valence electrons. The second kappa shape index (κ2) is 6.64. The van der Waals surface area contributed by atoms with E-state index in [0.29, 0.717) is 0 Å². The Morgan fingerprint density at radius 3 is 2.72 bits per heavy atom. The lowest BCUT2D eigenvalue weighted by Gasteiger charge is -2.17. The zero-order valence-electron chi connectivity index (χ0n) is 14.3. The molecule has 6 nitrogen and oxygen atoms in total. The van der Waals surface area contributed by atoms with Gasteiger partial charge in [0.1, 0.15) is 11.6 Å². The standard InChI is InChI=1S/C19H22N6/c1-24-12-17(22-13-24)15-10-25(11-16(15)20)19-7-8-21-18(23-19)9-14-5-3-2-4-6-14/h2-8,12-13,15-16H,9-11,20H2,1H3/t15-,16-/m1/s1. The summed E-state index contributed by atoms with van der Waals surface area (Å²) < 4.78 is 1.97. The first-order valence-corrected chi connectivity index (χ1v) is 8.53. The Kier molecular flexibility index (Phi) is 4.19. The highest BCUT2D eigenvalue weighted by Gasteiger charge is 2.33. The molecule has 1 aliphatic heterocycles. The minimum Gasteiger partial charge on any atom is -0.354 e. The molecule has 0 saturated carbocycles. The molecule has 1 aliphatic rings. The summed E-state index contributed by atoms with van der Waals surface area (Å²) in [4.78, 5) is 15.9. The molecule has 0 amide bonds. The summed E-state index contributed by atoms with van der Waals surface area (Å²) in [5, 5.41) is 0. The maximum atomic E-state index is 6.38. The summed E-state index contributed by atoms with van der Waals surface area (Å²) in [6, 6.07) is 12.3. The molecule has 1 saturated heterocycles. The second-order valence-electron chi connectivity index (χ2n) is 6.63. The van der Waals surface area contributed by atoms with Gasteiger partial charge in [0.2, 0.25) is 0 Å². The van der Waals surface area contributed by atoms with Crippen molar-refractivity contribution in [1.82, 2.24) is 19.5 Å². The largest absolute Gasteiger partial charge is 0.354 e. The molecular formula is C19H22N6.